The number of piperidine rings is 1. The zero-order valence-corrected chi connectivity index (χ0v) is 21.9. The third kappa shape index (κ3) is 7.94. The van der Waals surface area contributed by atoms with Gasteiger partial charge in [0, 0.05) is 43.0 Å². The molecule has 0 aromatic carbocycles. The van der Waals surface area contributed by atoms with E-state index in [4.69, 9.17) is 16.5 Å². The maximum Gasteiger partial charge on any atom is 0.225 e. The number of halogens is 2. The van der Waals surface area contributed by atoms with Gasteiger partial charge in [-0.05, 0) is 74.7 Å². The highest BCUT2D eigenvalue weighted by atomic mass is 19.1. The molecule has 1 fully saturated rings. The summed E-state index contributed by atoms with van der Waals surface area (Å²) in [4.78, 5) is 11.5. The molecule has 196 valence electrons. The number of hydrogen-bond acceptors (Lipinski definition) is 5. The van der Waals surface area contributed by atoms with E-state index in [1.165, 1.54) is 12.5 Å². The van der Waals surface area contributed by atoms with Gasteiger partial charge in [0.1, 0.15) is 11.7 Å². The first-order valence-electron chi connectivity index (χ1n) is 12.9. The Morgan fingerprint density at radius 2 is 1.78 bits per heavy atom. The smallest absolute Gasteiger partial charge is 0.225 e. The molecule has 0 saturated carbocycles. The van der Waals surface area contributed by atoms with Crippen LogP contribution in [0.2, 0.25) is 0 Å². The normalized spacial score (nSPS) is 20.8. The van der Waals surface area contributed by atoms with Crippen molar-refractivity contribution in [3.8, 4) is 12.8 Å². The van der Waals surface area contributed by atoms with Gasteiger partial charge in [0.15, 0.2) is 0 Å². The molecule has 1 unspecified atom stereocenters. The van der Waals surface area contributed by atoms with E-state index in [2.05, 4.69) is 43.5 Å². The van der Waals surface area contributed by atoms with Crippen LogP contribution in [0.5, 0.6) is 0 Å². The summed E-state index contributed by atoms with van der Waals surface area (Å²) in [7, 11) is 0. The number of hydrogen-bond donors (Lipinski definition) is 2. The first-order chi connectivity index (χ1) is 17.3. The number of nitrogens with zero attached hydrogens (tertiary/aromatic N) is 3. The van der Waals surface area contributed by atoms with Crippen LogP contribution in [-0.4, -0.2) is 23.1 Å². The molecule has 0 spiro atoms. The number of rotatable bonds is 4. The third-order valence-corrected chi connectivity index (χ3v) is 6.16. The second-order valence-corrected chi connectivity index (χ2v) is 9.96. The first-order valence-corrected chi connectivity index (χ1v) is 12.9. The van der Waals surface area contributed by atoms with Gasteiger partial charge in [-0.15, -0.1) is 12.8 Å². The van der Waals surface area contributed by atoms with Crippen molar-refractivity contribution in [1.82, 2.24) is 9.97 Å². The fourth-order valence-corrected chi connectivity index (χ4v) is 4.52. The Bertz CT molecular complexity index is 1010. The minimum Gasteiger partial charge on any atom is -0.401 e. The molecular weight excluding hydrogens is 456 g/mol. The lowest BCUT2D eigenvalue weighted by Crippen LogP contribution is -2.31. The number of aromatic nitrogens is 2. The molecule has 1 aromatic heterocycles. The van der Waals surface area contributed by atoms with E-state index < -0.39 is 11.7 Å². The summed E-state index contributed by atoms with van der Waals surface area (Å²) in [5, 5.41) is 0. The summed E-state index contributed by atoms with van der Waals surface area (Å²) in [6, 6.07) is 1.91. The van der Waals surface area contributed by atoms with Crippen molar-refractivity contribution in [3.05, 3.63) is 64.3 Å². The molecule has 2 heterocycles. The number of terminal acetylenes is 1. The molecule has 3 aliphatic rings. The van der Waals surface area contributed by atoms with E-state index >= 15 is 0 Å². The van der Waals surface area contributed by atoms with E-state index in [-0.39, 0.29) is 23.6 Å². The lowest BCUT2D eigenvalue weighted by atomic mass is 9.84. The van der Waals surface area contributed by atoms with Gasteiger partial charge in [0.25, 0.3) is 0 Å². The zero-order chi connectivity index (χ0) is 26.7. The molecule has 2 aliphatic carbocycles. The Balaban J connectivity index is 0.000000694. The van der Waals surface area contributed by atoms with Gasteiger partial charge in [0.05, 0.1) is 11.3 Å². The fourth-order valence-electron chi connectivity index (χ4n) is 4.52. The maximum absolute atomic E-state index is 14.2. The standard InChI is InChI=1S/C23H29F2N5.C4H10.C2H2/c24-17-8-5-9-18(25)21(17)19(26)14-15-6-4-7-16(22(15)27)20-10-11-28-23(29-20)30-12-2-1-3-13-30;1-4(2)3;1-2/h8,10-11,14,16H,1-7,9,12-13,26-27H2;4H,1-3H3;1-2H/b19-14-;;. The lowest BCUT2D eigenvalue weighted by Gasteiger charge is -2.29. The second-order valence-electron chi connectivity index (χ2n) is 9.96. The molecule has 0 bridgehead atoms. The summed E-state index contributed by atoms with van der Waals surface area (Å²) in [5.41, 5.74) is 15.0. The van der Waals surface area contributed by atoms with Crippen LogP contribution in [0.4, 0.5) is 14.7 Å². The van der Waals surface area contributed by atoms with E-state index in [9.17, 15) is 8.78 Å². The van der Waals surface area contributed by atoms with E-state index in [0.29, 0.717) is 12.1 Å². The highest BCUT2D eigenvalue weighted by molar-refractivity contribution is 5.49. The van der Waals surface area contributed by atoms with Crippen molar-refractivity contribution < 1.29 is 8.78 Å². The highest BCUT2D eigenvalue weighted by Crippen LogP contribution is 2.37. The molecule has 4 rings (SSSR count). The van der Waals surface area contributed by atoms with Crippen molar-refractivity contribution in [2.75, 3.05) is 18.0 Å². The van der Waals surface area contributed by atoms with Gasteiger partial charge in [-0.3, -0.25) is 0 Å². The molecule has 4 N–H and O–H groups in total. The molecule has 1 aromatic rings. The van der Waals surface area contributed by atoms with Crippen LogP contribution in [0, 0.1) is 18.8 Å². The molecule has 0 amide bonds. The maximum atomic E-state index is 14.2. The Kier molecular flexibility index (Phi) is 11.7. The fraction of sp³-hybridized carbons (Fsp3) is 0.517. The average molecular weight is 498 g/mol. The van der Waals surface area contributed by atoms with Gasteiger partial charge in [-0.1, -0.05) is 20.8 Å². The van der Waals surface area contributed by atoms with Crippen LogP contribution in [0.25, 0.3) is 0 Å². The SMILES string of the molecule is C#C.CC(C)C.NC1=C(/C=C(\N)C2=C(F)CCC=C2F)CCCC1c1ccnc(N2CCCCC2)n1. The van der Waals surface area contributed by atoms with Gasteiger partial charge in [0.2, 0.25) is 5.95 Å². The predicted molar refractivity (Wildman–Crippen MR) is 145 cm³/mol. The van der Waals surface area contributed by atoms with Crippen LogP contribution in [0.1, 0.15) is 83.7 Å². The molecule has 1 saturated heterocycles. The second kappa shape index (κ2) is 14.4. The number of nitrogens with two attached hydrogens (primary N) is 2. The third-order valence-electron chi connectivity index (χ3n) is 6.16. The quantitative estimate of drug-likeness (QED) is 0.460. The summed E-state index contributed by atoms with van der Waals surface area (Å²) in [6.45, 7) is 8.45. The monoisotopic (exact) mass is 497 g/mol. The van der Waals surface area contributed by atoms with Crippen molar-refractivity contribution in [2.45, 2.75) is 78.1 Å². The lowest BCUT2D eigenvalue weighted by molar-refractivity contribution is 0.543. The van der Waals surface area contributed by atoms with Crippen molar-refractivity contribution in [2.24, 2.45) is 17.4 Å². The first kappa shape index (κ1) is 29.1. The van der Waals surface area contributed by atoms with Crippen molar-refractivity contribution in [1.29, 1.82) is 0 Å². The molecule has 36 heavy (non-hydrogen) atoms. The minimum absolute atomic E-state index is 0.0464. The van der Waals surface area contributed by atoms with E-state index in [1.54, 1.807) is 12.3 Å². The molecule has 1 aliphatic heterocycles. The Morgan fingerprint density at radius 1 is 1.11 bits per heavy atom. The van der Waals surface area contributed by atoms with Crippen LogP contribution in [0.3, 0.4) is 0 Å². The van der Waals surface area contributed by atoms with Gasteiger partial charge >= 0.3 is 0 Å². The Labute approximate surface area is 215 Å². The van der Waals surface area contributed by atoms with Crippen LogP contribution in [-0.2, 0) is 0 Å². The van der Waals surface area contributed by atoms with Crippen LogP contribution >= 0.6 is 0 Å². The summed E-state index contributed by atoms with van der Waals surface area (Å²) >= 11 is 0. The Hall–Kier alpha value is -3.14. The van der Waals surface area contributed by atoms with Crippen LogP contribution < -0.4 is 16.4 Å². The highest BCUT2D eigenvalue weighted by Gasteiger charge is 2.25. The van der Waals surface area contributed by atoms with E-state index in [1.807, 2.05) is 6.07 Å². The number of anilines is 1. The largest absolute Gasteiger partial charge is 0.401 e. The summed E-state index contributed by atoms with van der Waals surface area (Å²) in [6.07, 6.45) is 19.4. The summed E-state index contributed by atoms with van der Waals surface area (Å²) in [5.74, 6) is 0.442. The minimum atomic E-state index is -0.596. The topological polar surface area (TPSA) is 81.1 Å². The molecule has 0 radical (unpaired) electrons. The van der Waals surface area contributed by atoms with Crippen molar-refractivity contribution in [3.63, 3.8) is 0 Å². The zero-order valence-electron chi connectivity index (χ0n) is 21.9. The van der Waals surface area contributed by atoms with Crippen molar-refractivity contribution >= 4 is 5.95 Å². The molecule has 1 atom stereocenters. The van der Waals surface area contributed by atoms with Gasteiger partial charge < -0.3 is 16.4 Å². The average Bonchev–Trinajstić information content (AvgIpc) is 2.87. The molecular formula is C29H41F2N5. The van der Waals surface area contributed by atoms with E-state index in [0.717, 1.165) is 68.3 Å². The Morgan fingerprint density at radius 3 is 2.42 bits per heavy atom. The predicted octanol–water partition coefficient (Wildman–Crippen LogP) is 6.57. The van der Waals surface area contributed by atoms with Gasteiger partial charge in [-0.25, -0.2) is 18.7 Å². The van der Waals surface area contributed by atoms with Gasteiger partial charge in [-0.2, -0.15) is 0 Å². The summed E-state index contributed by atoms with van der Waals surface area (Å²) < 4.78 is 28.3. The molecule has 7 heteroatoms. The molecule has 5 nitrogen and oxygen atoms in total. The number of allylic oxidation sites excluding steroid dienone is 6. The van der Waals surface area contributed by atoms with Crippen LogP contribution in [0.15, 0.2) is 58.6 Å².